The summed E-state index contributed by atoms with van der Waals surface area (Å²) in [5.41, 5.74) is 2.12. The average Bonchev–Trinajstić information content (AvgIpc) is 3.03. The van der Waals surface area contributed by atoms with Gasteiger partial charge in [0, 0.05) is 0 Å². The molecule has 13 heteroatoms. The largest absolute Gasteiger partial charge is 2.00 e. The normalized spacial score (nSPS) is 11.2. The number of hydrogen-bond acceptors (Lipinski definition) is 9. The van der Waals surface area contributed by atoms with Crippen LogP contribution in [0.3, 0.4) is 0 Å². The Hall–Kier alpha value is -2.84. The Morgan fingerprint density at radius 1 is 0.633 bits per heavy atom. The van der Waals surface area contributed by atoms with Crippen LogP contribution in [0.4, 0.5) is 0 Å². The second kappa shape index (κ2) is 20.7. The van der Waals surface area contributed by atoms with E-state index in [0.717, 1.165) is 62.1 Å². The van der Waals surface area contributed by atoms with Crippen molar-refractivity contribution in [2.24, 2.45) is 0 Å². The third kappa shape index (κ3) is 14.1. The molecule has 0 bridgehead atoms. The Morgan fingerprint density at radius 2 is 1.10 bits per heavy atom. The molecule has 0 aliphatic rings. The number of para-hydroxylation sites is 2. The number of aromatic hydroxyl groups is 1. The van der Waals surface area contributed by atoms with Gasteiger partial charge in [0.15, 0.2) is 11.5 Å². The Kier molecular flexibility index (Phi) is 17.9. The van der Waals surface area contributed by atoms with Crippen LogP contribution < -0.4 is 14.6 Å². The zero-order chi connectivity index (χ0) is 35.2. The van der Waals surface area contributed by atoms with Gasteiger partial charge in [0.1, 0.15) is 32.3 Å². The van der Waals surface area contributed by atoms with Crippen LogP contribution in [-0.2, 0) is 33.1 Å². The van der Waals surface area contributed by atoms with Gasteiger partial charge in [-0.1, -0.05) is 101 Å². The average molecular weight is 739 g/mol. The van der Waals surface area contributed by atoms with Crippen molar-refractivity contribution >= 4 is 58.0 Å². The van der Waals surface area contributed by atoms with Crippen molar-refractivity contribution in [2.45, 2.75) is 87.8 Å². The smallest absolute Gasteiger partial charge is 0.870 e. The predicted octanol–water partition coefficient (Wildman–Crippen LogP) is 7.75. The number of aryl methyl sites for hydroxylation is 2. The van der Waals surface area contributed by atoms with Gasteiger partial charge in [0.25, 0.3) is 10.1 Å². The maximum absolute atomic E-state index is 11.9. The van der Waals surface area contributed by atoms with Crippen LogP contribution in [0.2, 0.25) is 0 Å². The summed E-state index contributed by atoms with van der Waals surface area (Å²) in [4.78, 5) is -1.10. The zero-order valence-corrected chi connectivity index (χ0v) is 31.7. The summed E-state index contributed by atoms with van der Waals surface area (Å²) in [6.45, 7) is 4.31. The van der Waals surface area contributed by atoms with E-state index in [-0.39, 0.29) is 49.2 Å². The Bertz CT molecular complexity index is 1710. The molecule has 260 valence electrons. The molecule has 4 rings (SSSR count). The van der Waals surface area contributed by atoms with Crippen molar-refractivity contribution in [3.63, 3.8) is 0 Å². The van der Waals surface area contributed by atoms with E-state index in [4.69, 9.17) is 9.47 Å². The Morgan fingerprint density at radius 3 is 1.59 bits per heavy atom. The van der Waals surface area contributed by atoms with Crippen molar-refractivity contribution < 1.29 is 45.6 Å². The first-order valence-electron chi connectivity index (χ1n) is 15.9. The summed E-state index contributed by atoms with van der Waals surface area (Å²) in [7, 11) is -9.27. The topological polar surface area (TPSA) is 173 Å². The van der Waals surface area contributed by atoms with Gasteiger partial charge in [-0.25, -0.2) is 8.42 Å². The first kappa shape index (κ1) is 42.3. The van der Waals surface area contributed by atoms with Gasteiger partial charge in [-0.15, -0.1) is 0 Å². The van der Waals surface area contributed by atoms with Gasteiger partial charge < -0.3 is 24.2 Å². The zero-order valence-electron chi connectivity index (χ0n) is 27.8. The van der Waals surface area contributed by atoms with E-state index in [0.29, 0.717) is 11.5 Å². The molecule has 0 unspecified atom stereocenters. The number of benzene rings is 4. The van der Waals surface area contributed by atoms with Crippen LogP contribution in [0, 0.1) is 0 Å². The van der Waals surface area contributed by atoms with E-state index in [2.05, 4.69) is 13.8 Å². The van der Waals surface area contributed by atoms with Crippen LogP contribution >= 0.6 is 0 Å². The monoisotopic (exact) mass is 738 g/mol. The predicted molar refractivity (Wildman–Crippen MR) is 186 cm³/mol. The minimum absolute atomic E-state index is 0. The number of unbranched alkanes of at least 4 members (excludes halogenated alkanes) is 6. The number of rotatable bonds is 16. The third-order valence-corrected chi connectivity index (χ3v) is 9.06. The fourth-order valence-corrected chi connectivity index (χ4v) is 6.13. The molecule has 0 saturated heterocycles. The fraction of sp³-hybridized carbons (Fsp3) is 0.333. The standard InChI is InChI=1S/2C18H22O5S.Ca/c2*1-2-3-4-5-8-14-9-6-10-15(13-14)23-18-16(19)11-7-12-17(18)24(20,21)22;/h2*6-7,9-13,19H,2-5,8H2,1H3,(H,20,21,22);/q;;+2/p-2. The molecule has 0 saturated carbocycles. The van der Waals surface area contributed by atoms with Gasteiger partial charge in [0.05, 0.1) is 4.90 Å². The molecular weight excluding hydrogens is 697 g/mol. The van der Waals surface area contributed by atoms with Gasteiger partial charge in [-0.3, -0.25) is 4.55 Å². The van der Waals surface area contributed by atoms with Gasteiger partial charge in [-0.05, 0) is 79.3 Å². The number of ether oxygens (including phenoxy) is 2. The molecule has 0 aliphatic carbocycles. The van der Waals surface area contributed by atoms with Crippen molar-refractivity contribution in [3.05, 3.63) is 96.1 Å². The molecule has 0 fully saturated rings. The van der Waals surface area contributed by atoms with Crippen LogP contribution in [-0.4, -0.2) is 68.8 Å². The fourth-order valence-electron chi connectivity index (χ4n) is 4.88. The van der Waals surface area contributed by atoms with Crippen LogP contribution in [0.5, 0.6) is 34.5 Å². The summed E-state index contributed by atoms with van der Waals surface area (Å²) in [5.74, 6) is -0.955. The minimum atomic E-state index is -4.78. The SMILES string of the molecule is CCCCCCc1cccc(Oc2c(O)cccc2S(=O)(=O)O)c1.CCCCCCc1cccc(Oc2c([O-])cccc2S(=O)(=O)[O-])c1.[Ca+2]. The van der Waals surface area contributed by atoms with E-state index in [1.807, 2.05) is 24.3 Å². The minimum Gasteiger partial charge on any atom is -0.870 e. The second-order valence-corrected chi connectivity index (χ2v) is 14.0. The van der Waals surface area contributed by atoms with Crippen molar-refractivity contribution in [1.82, 2.24) is 0 Å². The van der Waals surface area contributed by atoms with Gasteiger partial charge in [0.2, 0.25) is 0 Å². The van der Waals surface area contributed by atoms with E-state index in [1.54, 1.807) is 24.3 Å². The molecule has 0 aromatic heterocycles. The number of hydrogen-bond donors (Lipinski definition) is 2. The number of phenols is 1. The summed E-state index contributed by atoms with van der Waals surface area (Å²) in [6.07, 6.45) is 10.9. The van der Waals surface area contributed by atoms with Gasteiger partial charge in [-0.2, -0.15) is 8.42 Å². The second-order valence-electron chi connectivity index (χ2n) is 11.2. The Balaban J connectivity index is 0.000000333. The molecule has 0 radical (unpaired) electrons. The quantitative estimate of drug-likeness (QED) is 0.0657. The van der Waals surface area contributed by atoms with Gasteiger partial charge >= 0.3 is 37.7 Å². The van der Waals surface area contributed by atoms with E-state index < -0.39 is 41.5 Å². The van der Waals surface area contributed by atoms with Crippen LogP contribution in [0.1, 0.15) is 76.3 Å². The molecule has 0 amide bonds. The van der Waals surface area contributed by atoms with E-state index in [9.17, 15) is 36.2 Å². The summed E-state index contributed by atoms with van der Waals surface area (Å²) < 4.78 is 77.0. The van der Waals surface area contributed by atoms with Crippen LogP contribution in [0.15, 0.2) is 94.7 Å². The maximum atomic E-state index is 11.9. The molecule has 0 atom stereocenters. The van der Waals surface area contributed by atoms with Crippen molar-refractivity contribution in [2.75, 3.05) is 0 Å². The maximum Gasteiger partial charge on any atom is 2.00 e. The van der Waals surface area contributed by atoms with Crippen molar-refractivity contribution in [3.8, 4) is 34.5 Å². The van der Waals surface area contributed by atoms with E-state index in [1.165, 1.54) is 49.6 Å². The summed E-state index contributed by atoms with van der Waals surface area (Å²) in [5, 5.41) is 21.8. The Labute approximate surface area is 319 Å². The van der Waals surface area contributed by atoms with E-state index >= 15 is 0 Å². The first-order valence-corrected chi connectivity index (χ1v) is 18.8. The molecule has 0 heterocycles. The summed E-state index contributed by atoms with van der Waals surface area (Å²) >= 11 is 0. The molecule has 0 aliphatic heterocycles. The molecular formula is C36H42CaO10S2. The molecule has 49 heavy (non-hydrogen) atoms. The first-order chi connectivity index (χ1) is 22.8. The molecule has 4 aromatic rings. The molecule has 0 spiro atoms. The molecule has 10 nitrogen and oxygen atoms in total. The number of phenolic OH excluding ortho intramolecular Hbond substituents is 1. The third-order valence-electron chi connectivity index (χ3n) is 7.32. The van der Waals surface area contributed by atoms with Crippen LogP contribution in [0.25, 0.3) is 0 Å². The van der Waals surface area contributed by atoms with Crippen molar-refractivity contribution in [1.29, 1.82) is 0 Å². The summed E-state index contributed by atoms with van der Waals surface area (Å²) in [6, 6.07) is 21.7. The molecule has 4 aromatic carbocycles. The molecule has 2 N–H and O–H groups in total.